The first-order valence-corrected chi connectivity index (χ1v) is 6.83. The van der Waals surface area contributed by atoms with Crippen molar-refractivity contribution in [3.63, 3.8) is 0 Å². The second kappa shape index (κ2) is 5.01. The average molecular weight is 288 g/mol. The Kier molecular flexibility index (Phi) is 3.60. The molecule has 0 spiro atoms. The van der Waals surface area contributed by atoms with Crippen LogP contribution >= 0.6 is 11.6 Å². The van der Waals surface area contributed by atoms with Crippen molar-refractivity contribution in [1.82, 2.24) is 25.3 Å². The molecule has 0 atom stereocenters. The minimum absolute atomic E-state index is 0.0269. The summed E-state index contributed by atoms with van der Waals surface area (Å²) in [7, 11) is -3.61. The van der Waals surface area contributed by atoms with Crippen molar-refractivity contribution in [2.45, 2.75) is 18.4 Å². The van der Waals surface area contributed by atoms with Crippen LogP contribution in [-0.2, 0) is 16.6 Å². The Morgan fingerprint density at radius 2 is 2.22 bits per heavy atom. The largest absolute Gasteiger partial charge is 0.241 e. The van der Waals surface area contributed by atoms with Crippen LogP contribution in [0.15, 0.2) is 23.1 Å². The molecule has 7 nitrogen and oxygen atoms in total. The van der Waals surface area contributed by atoms with E-state index >= 15 is 0 Å². The third-order valence-corrected chi connectivity index (χ3v) is 4.03. The van der Waals surface area contributed by atoms with Crippen LogP contribution in [0.5, 0.6) is 0 Å². The lowest BCUT2D eigenvalue weighted by Crippen LogP contribution is -2.24. The van der Waals surface area contributed by atoms with Crippen LogP contribution in [0.1, 0.15) is 11.4 Å². The molecule has 0 aliphatic carbocycles. The molecule has 1 aromatic carbocycles. The number of nitrogens with zero attached hydrogens (tertiary/aromatic N) is 3. The number of tetrazole rings is 1. The fourth-order valence-electron chi connectivity index (χ4n) is 1.41. The number of H-pyrrole nitrogens is 1. The van der Waals surface area contributed by atoms with Gasteiger partial charge in [0.15, 0.2) is 5.82 Å². The van der Waals surface area contributed by atoms with Crippen molar-refractivity contribution in [3.05, 3.63) is 34.6 Å². The molecule has 18 heavy (non-hydrogen) atoms. The topological polar surface area (TPSA) is 101 Å². The lowest BCUT2D eigenvalue weighted by atomic mass is 10.2. The first kappa shape index (κ1) is 12.9. The van der Waals surface area contributed by atoms with E-state index in [9.17, 15) is 8.42 Å². The zero-order valence-electron chi connectivity index (χ0n) is 9.38. The molecule has 0 amide bonds. The van der Waals surface area contributed by atoms with Gasteiger partial charge in [-0.25, -0.2) is 13.1 Å². The van der Waals surface area contributed by atoms with Crippen molar-refractivity contribution in [3.8, 4) is 0 Å². The molecule has 0 unspecified atom stereocenters. The maximum atomic E-state index is 12.0. The lowest BCUT2D eigenvalue weighted by Gasteiger charge is -2.08. The zero-order valence-corrected chi connectivity index (χ0v) is 11.0. The number of halogens is 1. The first-order valence-electron chi connectivity index (χ1n) is 4.97. The zero-order chi connectivity index (χ0) is 13.2. The molecule has 1 aromatic heterocycles. The van der Waals surface area contributed by atoms with Crippen LogP contribution in [-0.4, -0.2) is 29.0 Å². The summed E-state index contributed by atoms with van der Waals surface area (Å²) in [6, 6.07) is 4.57. The average Bonchev–Trinajstić information content (AvgIpc) is 2.78. The van der Waals surface area contributed by atoms with Gasteiger partial charge in [-0.15, -0.1) is 10.2 Å². The first-order chi connectivity index (χ1) is 8.49. The monoisotopic (exact) mass is 287 g/mol. The van der Waals surface area contributed by atoms with Gasteiger partial charge in [0.25, 0.3) is 0 Å². The number of sulfonamides is 1. The number of benzene rings is 1. The highest BCUT2D eigenvalue weighted by Gasteiger charge is 2.17. The van der Waals surface area contributed by atoms with Gasteiger partial charge in [-0.2, -0.15) is 5.21 Å². The number of aromatic nitrogens is 4. The molecule has 0 bridgehead atoms. The molecule has 0 aliphatic heterocycles. The van der Waals surface area contributed by atoms with Crippen molar-refractivity contribution in [2.75, 3.05) is 0 Å². The molecular weight excluding hydrogens is 278 g/mol. The van der Waals surface area contributed by atoms with E-state index in [-0.39, 0.29) is 17.3 Å². The van der Waals surface area contributed by atoms with Crippen LogP contribution in [0, 0.1) is 6.92 Å². The number of rotatable bonds is 4. The Hall–Kier alpha value is -1.51. The van der Waals surface area contributed by atoms with Crippen LogP contribution in [0.2, 0.25) is 5.02 Å². The number of hydrogen-bond donors (Lipinski definition) is 2. The molecule has 96 valence electrons. The van der Waals surface area contributed by atoms with E-state index in [0.717, 1.165) is 0 Å². The van der Waals surface area contributed by atoms with Crippen molar-refractivity contribution >= 4 is 21.6 Å². The van der Waals surface area contributed by atoms with Crippen LogP contribution in [0.25, 0.3) is 0 Å². The Labute approximate surface area is 109 Å². The van der Waals surface area contributed by atoms with E-state index < -0.39 is 10.0 Å². The second-order valence-electron chi connectivity index (χ2n) is 3.56. The standard InChI is InChI=1S/C9H10ClN5O2S/c1-6-4-7(10)2-3-8(6)18(16,17)11-5-9-12-14-15-13-9/h2-4,11H,5H2,1H3,(H,12,13,14,15). The highest BCUT2D eigenvalue weighted by atomic mass is 35.5. The summed E-state index contributed by atoms with van der Waals surface area (Å²) in [6.45, 7) is 1.65. The van der Waals surface area contributed by atoms with Gasteiger partial charge in [-0.05, 0) is 30.7 Å². The molecular formula is C9H10ClN5O2S. The molecule has 0 aliphatic rings. The van der Waals surface area contributed by atoms with Gasteiger partial charge in [-0.3, -0.25) is 0 Å². The molecule has 0 fully saturated rings. The van der Waals surface area contributed by atoms with E-state index in [0.29, 0.717) is 10.6 Å². The smallest absolute Gasteiger partial charge is 0.207 e. The van der Waals surface area contributed by atoms with E-state index in [1.54, 1.807) is 13.0 Å². The lowest BCUT2D eigenvalue weighted by molar-refractivity contribution is 0.578. The fraction of sp³-hybridized carbons (Fsp3) is 0.222. The Morgan fingerprint density at radius 1 is 1.44 bits per heavy atom. The highest BCUT2D eigenvalue weighted by molar-refractivity contribution is 7.89. The van der Waals surface area contributed by atoms with E-state index in [4.69, 9.17) is 11.6 Å². The Bertz CT molecular complexity index is 641. The predicted octanol–water partition coefficient (Wildman–Crippen LogP) is 0.640. The number of hydrogen-bond acceptors (Lipinski definition) is 5. The Morgan fingerprint density at radius 3 is 2.83 bits per heavy atom. The minimum atomic E-state index is -3.61. The summed E-state index contributed by atoms with van der Waals surface area (Å²) < 4.78 is 26.4. The predicted molar refractivity (Wildman–Crippen MR) is 64.4 cm³/mol. The van der Waals surface area contributed by atoms with Crippen molar-refractivity contribution in [2.24, 2.45) is 0 Å². The quantitative estimate of drug-likeness (QED) is 0.859. The molecule has 1 heterocycles. The van der Waals surface area contributed by atoms with E-state index in [1.807, 2.05) is 0 Å². The molecule has 0 saturated carbocycles. The van der Waals surface area contributed by atoms with Crippen LogP contribution < -0.4 is 4.72 Å². The number of aromatic amines is 1. The number of aryl methyl sites for hydroxylation is 1. The summed E-state index contributed by atoms with van der Waals surface area (Å²) in [5, 5.41) is 13.4. The summed E-state index contributed by atoms with van der Waals surface area (Å²) >= 11 is 5.78. The molecule has 0 saturated heterocycles. The highest BCUT2D eigenvalue weighted by Crippen LogP contribution is 2.19. The summed E-state index contributed by atoms with van der Waals surface area (Å²) in [5.41, 5.74) is 0.572. The molecule has 2 rings (SSSR count). The van der Waals surface area contributed by atoms with Crippen LogP contribution in [0.3, 0.4) is 0 Å². The van der Waals surface area contributed by atoms with Gasteiger partial charge >= 0.3 is 0 Å². The van der Waals surface area contributed by atoms with Crippen LogP contribution in [0.4, 0.5) is 0 Å². The second-order valence-corrected chi connectivity index (χ2v) is 5.73. The maximum Gasteiger partial charge on any atom is 0.241 e. The van der Waals surface area contributed by atoms with E-state index in [1.165, 1.54) is 12.1 Å². The Balaban J connectivity index is 2.20. The van der Waals surface area contributed by atoms with Gasteiger partial charge in [0.2, 0.25) is 10.0 Å². The third kappa shape index (κ3) is 2.84. The van der Waals surface area contributed by atoms with Gasteiger partial charge in [0, 0.05) is 5.02 Å². The minimum Gasteiger partial charge on any atom is -0.207 e. The molecule has 9 heteroatoms. The van der Waals surface area contributed by atoms with Crippen molar-refractivity contribution in [1.29, 1.82) is 0 Å². The molecule has 0 radical (unpaired) electrons. The molecule has 2 aromatic rings. The van der Waals surface area contributed by atoms with Gasteiger partial charge in [0.1, 0.15) is 0 Å². The maximum absolute atomic E-state index is 12.0. The fourth-order valence-corrected chi connectivity index (χ4v) is 2.84. The molecule has 2 N–H and O–H groups in total. The van der Waals surface area contributed by atoms with Crippen molar-refractivity contribution < 1.29 is 8.42 Å². The summed E-state index contributed by atoms with van der Waals surface area (Å²) in [4.78, 5) is 0.176. The van der Waals surface area contributed by atoms with Gasteiger partial charge < -0.3 is 0 Å². The SMILES string of the molecule is Cc1cc(Cl)ccc1S(=O)(=O)NCc1nn[nH]n1. The summed E-state index contributed by atoms with van der Waals surface area (Å²) in [5.74, 6) is 0.269. The summed E-state index contributed by atoms with van der Waals surface area (Å²) in [6.07, 6.45) is 0. The van der Waals surface area contributed by atoms with E-state index in [2.05, 4.69) is 25.3 Å². The number of nitrogens with one attached hydrogen (secondary N) is 2. The van der Waals surface area contributed by atoms with Gasteiger partial charge in [-0.1, -0.05) is 16.8 Å². The third-order valence-electron chi connectivity index (χ3n) is 2.24. The normalized spacial score (nSPS) is 11.7. The van der Waals surface area contributed by atoms with Gasteiger partial charge in [0.05, 0.1) is 11.4 Å².